The summed E-state index contributed by atoms with van der Waals surface area (Å²) >= 11 is 1.25. The predicted octanol–water partition coefficient (Wildman–Crippen LogP) is 3.14. The molecule has 1 rings (SSSR count). The number of unbranched alkanes of at least 4 members (excludes halogenated alkanes) is 1. The van der Waals surface area contributed by atoms with Crippen LogP contribution in [0.3, 0.4) is 0 Å². The maximum atomic E-state index is 11.2. The minimum absolute atomic E-state index is 0.452. The van der Waals surface area contributed by atoms with Crippen LogP contribution in [-0.2, 0) is 4.79 Å². The van der Waals surface area contributed by atoms with Crippen LogP contribution in [0.2, 0.25) is 0 Å². The number of nitrogens with zero attached hydrogens (tertiary/aromatic N) is 2. The highest BCUT2D eigenvalue weighted by atomic mass is 32.2. The molecule has 0 aliphatic heterocycles. The summed E-state index contributed by atoms with van der Waals surface area (Å²) in [5.74, 6) is -0.784. The van der Waals surface area contributed by atoms with Gasteiger partial charge < -0.3 is 5.11 Å². The third-order valence-corrected chi connectivity index (χ3v) is 4.07. The molecule has 0 amide bonds. The van der Waals surface area contributed by atoms with Crippen molar-refractivity contribution in [3.8, 4) is 0 Å². The molecule has 0 saturated heterocycles. The number of carboxylic acids is 1. The maximum absolute atomic E-state index is 11.2. The molecule has 0 fully saturated rings. The number of thioether (sulfide) groups is 1. The first-order chi connectivity index (χ1) is 8.45. The molecule has 0 aliphatic rings. The van der Waals surface area contributed by atoms with Gasteiger partial charge >= 0.3 is 5.97 Å². The van der Waals surface area contributed by atoms with Crippen LogP contribution in [0.1, 0.15) is 43.1 Å². The topological polar surface area (TPSA) is 63.1 Å². The van der Waals surface area contributed by atoms with Crippen molar-refractivity contribution in [2.45, 2.75) is 57.4 Å². The number of carbonyl (C=O) groups is 1. The summed E-state index contributed by atoms with van der Waals surface area (Å²) in [4.78, 5) is 19.9. The highest BCUT2D eigenvalue weighted by molar-refractivity contribution is 8.00. The summed E-state index contributed by atoms with van der Waals surface area (Å²) in [7, 11) is 0. The molecule has 4 nitrogen and oxygen atoms in total. The summed E-state index contributed by atoms with van der Waals surface area (Å²) in [6.45, 7) is 7.89. The van der Waals surface area contributed by atoms with Gasteiger partial charge in [-0.25, -0.2) is 9.97 Å². The molecule has 1 aromatic heterocycles. The van der Waals surface area contributed by atoms with Crippen molar-refractivity contribution in [2.75, 3.05) is 0 Å². The number of aromatic nitrogens is 2. The third-order valence-electron chi connectivity index (χ3n) is 2.96. The van der Waals surface area contributed by atoms with Gasteiger partial charge in [-0.1, -0.05) is 31.5 Å². The number of hydrogen-bond acceptors (Lipinski definition) is 4. The largest absolute Gasteiger partial charge is 0.480 e. The van der Waals surface area contributed by atoms with E-state index in [0.717, 1.165) is 29.8 Å². The Morgan fingerprint density at radius 3 is 2.28 bits per heavy atom. The first-order valence-corrected chi connectivity index (χ1v) is 7.05. The fourth-order valence-corrected chi connectivity index (χ4v) is 2.56. The molecule has 0 spiro atoms. The van der Waals surface area contributed by atoms with Crippen molar-refractivity contribution in [1.82, 2.24) is 9.97 Å². The molecule has 0 aliphatic carbocycles. The lowest BCUT2D eigenvalue weighted by Crippen LogP contribution is -2.17. The highest BCUT2D eigenvalue weighted by Gasteiger charge is 2.20. The summed E-state index contributed by atoms with van der Waals surface area (Å²) in [5, 5.41) is 9.29. The molecule has 0 saturated carbocycles. The molecular formula is C13H20N2O2S. The Bertz CT molecular complexity index is 412. The van der Waals surface area contributed by atoms with E-state index in [4.69, 9.17) is 0 Å². The first kappa shape index (κ1) is 15.0. The van der Waals surface area contributed by atoms with Crippen molar-refractivity contribution in [1.29, 1.82) is 0 Å². The Balaban J connectivity index is 2.84. The number of carboxylic acid groups (broad SMARTS) is 1. The minimum Gasteiger partial charge on any atom is -0.480 e. The van der Waals surface area contributed by atoms with E-state index in [2.05, 4.69) is 16.9 Å². The lowest BCUT2D eigenvalue weighted by Gasteiger charge is -2.12. The molecule has 0 bridgehead atoms. The second kappa shape index (κ2) is 6.73. The van der Waals surface area contributed by atoms with Crippen LogP contribution in [0, 0.1) is 20.8 Å². The average Bonchev–Trinajstić information content (AvgIpc) is 2.30. The van der Waals surface area contributed by atoms with Gasteiger partial charge in [0, 0.05) is 11.4 Å². The molecule has 1 aromatic rings. The molecule has 1 atom stereocenters. The Hall–Kier alpha value is -1.10. The van der Waals surface area contributed by atoms with Gasteiger partial charge in [0.25, 0.3) is 0 Å². The Morgan fingerprint density at radius 1 is 1.28 bits per heavy atom. The Labute approximate surface area is 112 Å². The van der Waals surface area contributed by atoms with Gasteiger partial charge in [-0.2, -0.15) is 0 Å². The van der Waals surface area contributed by atoms with Crippen LogP contribution in [0.15, 0.2) is 5.16 Å². The van der Waals surface area contributed by atoms with E-state index in [-0.39, 0.29) is 0 Å². The standard InChI is InChI=1S/C13H20N2O2S/c1-5-6-7-11(12(16)17)18-13-14-9(3)8(2)10(4)15-13/h11H,5-7H2,1-4H3,(H,16,17). The van der Waals surface area contributed by atoms with Gasteiger partial charge in [0.1, 0.15) is 5.25 Å². The van der Waals surface area contributed by atoms with Gasteiger partial charge in [-0.3, -0.25) is 4.79 Å². The minimum atomic E-state index is -0.784. The average molecular weight is 268 g/mol. The van der Waals surface area contributed by atoms with E-state index in [1.807, 2.05) is 20.8 Å². The van der Waals surface area contributed by atoms with E-state index in [1.54, 1.807) is 0 Å². The lowest BCUT2D eigenvalue weighted by atomic mass is 10.2. The van der Waals surface area contributed by atoms with Gasteiger partial charge in [0.15, 0.2) is 5.16 Å². The summed E-state index contributed by atoms with van der Waals surface area (Å²) < 4.78 is 0. The van der Waals surface area contributed by atoms with E-state index in [9.17, 15) is 9.90 Å². The zero-order valence-electron chi connectivity index (χ0n) is 11.4. The number of aliphatic carboxylic acids is 1. The molecule has 100 valence electrons. The van der Waals surface area contributed by atoms with Crippen LogP contribution in [0.25, 0.3) is 0 Å². The van der Waals surface area contributed by atoms with Crippen molar-refractivity contribution in [3.63, 3.8) is 0 Å². The van der Waals surface area contributed by atoms with Crippen LogP contribution < -0.4 is 0 Å². The Kier molecular flexibility index (Phi) is 5.59. The normalized spacial score (nSPS) is 12.4. The van der Waals surface area contributed by atoms with Crippen molar-refractivity contribution in [3.05, 3.63) is 17.0 Å². The summed E-state index contributed by atoms with van der Waals surface area (Å²) in [5.41, 5.74) is 2.91. The SMILES string of the molecule is CCCCC(Sc1nc(C)c(C)c(C)n1)C(=O)O. The fraction of sp³-hybridized carbons (Fsp3) is 0.615. The summed E-state index contributed by atoms with van der Waals surface area (Å²) in [6.07, 6.45) is 2.57. The van der Waals surface area contributed by atoms with Crippen LogP contribution >= 0.6 is 11.8 Å². The maximum Gasteiger partial charge on any atom is 0.317 e. The van der Waals surface area contributed by atoms with E-state index < -0.39 is 11.2 Å². The molecule has 1 unspecified atom stereocenters. The van der Waals surface area contributed by atoms with Gasteiger partial charge in [-0.05, 0) is 32.8 Å². The monoisotopic (exact) mass is 268 g/mol. The van der Waals surface area contributed by atoms with Gasteiger partial charge in [0.05, 0.1) is 0 Å². The molecule has 0 radical (unpaired) electrons. The van der Waals surface area contributed by atoms with Crippen molar-refractivity contribution >= 4 is 17.7 Å². The van der Waals surface area contributed by atoms with Crippen LogP contribution in [0.5, 0.6) is 0 Å². The predicted molar refractivity (Wildman–Crippen MR) is 73.0 cm³/mol. The second-order valence-electron chi connectivity index (χ2n) is 4.39. The van der Waals surface area contributed by atoms with Gasteiger partial charge in [0.2, 0.25) is 0 Å². The van der Waals surface area contributed by atoms with Crippen LogP contribution in [0.4, 0.5) is 0 Å². The van der Waals surface area contributed by atoms with E-state index in [0.29, 0.717) is 11.6 Å². The van der Waals surface area contributed by atoms with Gasteiger partial charge in [-0.15, -0.1) is 0 Å². The summed E-state index contributed by atoms with van der Waals surface area (Å²) in [6, 6.07) is 0. The number of aryl methyl sites for hydroxylation is 2. The zero-order valence-corrected chi connectivity index (χ0v) is 12.2. The highest BCUT2D eigenvalue weighted by Crippen LogP contribution is 2.25. The molecule has 5 heteroatoms. The van der Waals surface area contributed by atoms with Crippen LogP contribution in [-0.4, -0.2) is 26.3 Å². The smallest absolute Gasteiger partial charge is 0.317 e. The molecular weight excluding hydrogens is 248 g/mol. The lowest BCUT2D eigenvalue weighted by molar-refractivity contribution is -0.136. The fourth-order valence-electron chi connectivity index (χ4n) is 1.54. The molecule has 18 heavy (non-hydrogen) atoms. The zero-order chi connectivity index (χ0) is 13.7. The second-order valence-corrected chi connectivity index (χ2v) is 5.56. The van der Waals surface area contributed by atoms with Crippen molar-refractivity contribution < 1.29 is 9.90 Å². The molecule has 1 heterocycles. The third kappa shape index (κ3) is 3.98. The Morgan fingerprint density at radius 2 is 1.83 bits per heavy atom. The number of hydrogen-bond donors (Lipinski definition) is 1. The first-order valence-electron chi connectivity index (χ1n) is 6.17. The van der Waals surface area contributed by atoms with Crippen molar-refractivity contribution in [2.24, 2.45) is 0 Å². The quantitative estimate of drug-likeness (QED) is 0.634. The van der Waals surface area contributed by atoms with E-state index in [1.165, 1.54) is 11.8 Å². The number of rotatable bonds is 6. The molecule has 1 N–H and O–H groups in total. The molecule has 0 aromatic carbocycles. The van der Waals surface area contributed by atoms with E-state index >= 15 is 0 Å².